The molecular weight excluding hydrogens is 249 g/mol. The number of nitrogens with two attached hydrogens (primary N) is 1. The number of esters is 1. The average Bonchev–Trinajstić information content (AvgIpc) is 2.39. The fraction of sp³-hybridized carbons (Fsp3) is 0. The zero-order chi connectivity index (χ0) is 13.8. The lowest BCUT2D eigenvalue weighted by Crippen LogP contribution is -2.12. The third kappa shape index (κ3) is 3.16. The molecule has 2 aromatic carbocycles. The summed E-state index contributed by atoms with van der Waals surface area (Å²) in [5.74, 6) is -1.49. The lowest BCUT2D eigenvalue weighted by atomic mass is 10.2. The molecule has 1 amide bonds. The molecule has 0 aromatic heterocycles. The molecular formula is C14H10FNO3. The number of rotatable bonds is 3. The molecule has 0 bridgehead atoms. The summed E-state index contributed by atoms with van der Waals surface area (Å²) in [6, 6.07) is 10.9. The summed E-state index contributed by atoms with van der Waals surface area (Å²) in [5.41, 5.74) is 5.57. The highest BCUT2D eigenvalue weighted by Gasteiger charge is 2.09. The maximum atomic E-state index is 12.7. The minimum absolute atomic E-state index is 0.200. The Bertz CT molecular complexity index is 623. The van der Waals surface area contributed by atoms with Crippen LogP contribution in [0.25, 0.3) is 0 Å². The Morgan fingerprint density at radius 3 is 2.32 bits per heavy atom. The van der Waals surface area contributed by atoms with Gasteiger partial charge in [0.25, 0.3) is 0 Å². The molecule has 0 aliphatic rings. The fourth-order valence-corrected chi connectivity index (χ4v) is 1.46. The summed E-state index contributed by atoms with van der Waals surface area (Å²) >= 11 is 0. The Kier molecular flexibility index (Phi) is 3.56. The summed E-state index contributed by atoms with van der Waals surface area (Å²) in [6.45, 7) is 0. The number of primary amides is 1. The zero-order valence-corrected chi connectivity index (χ0v) is 9.80. The van der Waals surface area contributed by atoms with Crippen molar-refractivity contribution in [3.05, 3.63) is 65.5 Å². The first-order valence-corrected chi connectivity index (χ1v) is 5.44. The predicted octanol–water partition coefficient (Wildman–Crippen LogP) is 2.14. The van der Waals surface area contributed by atoms with E-state index in [0.717, 1.165) is 12.1 Å². The monoisotopic (exact) mass is 259 g/mol. The minimum atomic E-state index is -0.637. The van der Waals surface area contributed by atoms with E-state index in [9.17, 15) is 14.0 Å². The number of hydrogen-bond donors (Lipinski definition) is 1. The topological polar surface area (TPSA) is 69.4 Å². The molecule has 0 heterocycles. The van der Waals surface area contributed by atoms with Crippen LogP contribution in [0.5, 0.6) is 5.75 Å². The third-order valence-electron chi connectivity index (χ3n) is 2.41. The van der Waals surface area contributed by atoms with Crippen LogP contribution in [-0.4, -0.2) is 11.9 Å². The van der Waals surface area contributed by atoms with E-state index in [-0.39, 0.29) is 16.9 Å². The third-order valence-corrected chi connectivity index (χ3v) is 2.41. The largest absolute Gasteiger partial charge is 0.423 e. The molecule has 0 atom stereocenters. The Hall–Kier alpha value is -2.69. The molecule has 2 N–H and O–H groups in total. The Morgan fingerprint density at radius 2 is 1.68 bits per heavy atom. The van der Waals surface area contributed by atoms with Gasteiger partial charge in [0.15, 0.2) is 0 Å². The Labute approximate surface area is 108 Å². The maximum absolute atomic E-state index is 12.7. The van der Waals surface area contributed by atoms with Gasteiger partial charge in [-0.15, -0.1) is 0 Å². The Balaban J connectivity index is 2.17. The molecule has 96 valence electrons. The van der Waals surface area contributed by atoms with Crippen molar-refractivity contribution in [3.8, 4) is 5.75 Å². The van der Waals surface area contributed by atoms with E-state index in [1.807, 2.05) is 0 Å². The van der Waals surface area contributed by atoms with Gasteiger partial charge in [0, 0.05) is 5.56 Å². The van der Waals surface area contributed by atoms with Crippen molar-refractivity contribution in [3.63, 3.8) is 0 Å². The van der Waals surface area contributed by atoms with Crippen LogP contribution in [0.15, 0.2) is 48.5 Å². The quantitative estimate of drug-likeness (QED) is 0.678. The van der Waals surface area contributed by atoms with E-state index >= 15 is 0 Å². The lowest BCUT2D eigenvalue weighted by Gasteiger charge is -2.05. The standard InChI is InChI=1S/C14H10FNO3/c15-11-6-4-9(5-7-11)14(18)19-12-3-1-2-10(8-12)13(16)17/h1-8H,(H2,16,17). The van der Waals surface area contributed by atoms with Crippen molar-refractivity contribution < 1.29 is 18.7 Å². The van der Waals surface area contributed by atoms with E-state index in [0.29, 0.717) is 0 Å². The normalized spacial score (nSPS) is 9.95. The molecule has 0 unspecified atom stereocenters. The summed E-state index contributed by atoms with van der Waals surface area (Å²) in [5, 5.41) is 0. The molecule has 2 aromatic rings. The second-order valence-electron chi connectivity index (χ2n) is 3.79. The van der Waals surface area contributed by atoms with Crippen LogP contribution in [0.2, 0.25) is 0 Å². The molecule has 0 fully saturated rings. The highest BCUT2D eigenvalue weighted by atomic mass is 19.1. The smallest absolute Gasteiger partial charge is 0.343 e. The van der Waals surface area contributed by atoms with Crippen LogP contribution in [-0.2, 0) is 0 Å². The van der Waals surface area contributed by atoms with Gasteiger partial charge in [-0.2, -0.15) is 0 Å². The SMILES string of the molecule is NC(=O)c1cccc(OC(=O)c2ccc(F)cc2)c1. The molecule has 19 heavy (non-hydrogen) atoms. The van der Waals surface area contributed by atoms with Gasteiger partial charge in [0.05, 0.1) is 5.56 Å². The minimum Gasteiger partial charge on any atom is -0.423 e. The second-order valence-corrected chi connectivity index (χ2v) is 3.79. The van der Waals surface area contributed by atoms with Gasteiger partial charge in [0.2, 0.25) is 5.91 Å². The van der Waals surface area contributed by atoms with E-state index in [1.165, 1.54) is 30.3 Å². The van der Waals surface area contributed by atoms with Crippen molar-refractivity contribution >= 4 is 11.9 Å². The molecule has 0 radical (unpaired) electrons. The molecule has 0 spiro atoms. The number of amides is 1. The highest BCUT2D eigenvalue weighted by molar-refractivity contribution is 5.94. The first-order chi connectivity index (χ1) is 9.06. The van der Waals surface area contributed by atoms with Crippen LogP contribution in [0.3, 0.4) is 0 Å². The van der Waals surface area contributed by atoms with Crippen molar-refractivity contribution in [1.82, 2.24) is 0 Å². The average molecular weight is 259 g/mol. The van der Waals surface area contributed by atoms with Gasteiger partial charge >= 0.3 is 5.97 Å². The summed E-state index contributed by atoms with van der Waals surface area (Å²) < 4.78 is 17.8. The summed E-state index contributed by atoms with van der Waals surface area (Å²) in [6.07, 6.45) is 0. The Morgan fingerprint density at radius 1 is 1.00 bits per heavy atom. The van der Waals surface area contributed by atoms with E-state index in [1.54, 1.807) is 6.07 Å². The number of hydrogen-bond acceptors (Lipinski definition) is 3. The molecule has 2 rings (SSSR count). The van der Waals surface area contributed by atoms with E-state index in [4.69, 9.17) is 10.5 Å². The molecule has 0 aliphatic carbocycles. The van der Waals surface area contributed by atoms with Gasteiger partial charge in [-0.3, -0.25) is 4.79 Å². The zero-order valence-electron chi connectivity index (χ0n) is 9.80. The van der Waals surface area contributed by atoms with Crippen LogP contribution < -0.4 is 10.5 Å². The van der Waals surface area contributed by atoms with E-state index < -0.39 is 17.7 Å². The molecule has 0 saturated carbocycles. The van der Waals surface area contributed by atoms with Crippen LogP contribution >= 0.6 is 0 Å². The first-order valence-electron chi connectivity index (χ1n) is 5.44. The number of halogens is 1. The molecule has 5 heteroatoms. The van der Waals surface area contributed by atoms with Crippen molar-refractivity contribution in [2.24, 2.45) is 5.73 Å². The van der Waals surface area contributed by atoms with Crippen molar-refractivity contribution in [2.75, 3.05) is 0 Å². The predicted molar refractivity (Wildman–Crippen MR) is 66.3 cm³/mol. The highest BCUT2D eigenvalue weighted by Crippen LogP contribution is 2.15. The number of carbonyl (C=O) groups excluding carboxylic acids is 2. The second kappa shape index (κ2) is 5.30. The van der Waals surface area contributed by atoms with Gasteiger partial charge in [0.1, 0.15) is 11.6 Å². The first kappa shape index (κ1) is 12.8. The summed E-state index contributed by atoms with van der Waals surface area (Å²) in [4.78, 5) is 22.7. The van der Waals surface area contributed by atoms with Crippen molar-refractivity contribution in [2.45, 2.75) is 0 Å². The number of ether oxygens (including phenoxy) is 1. The molecule has 0 aliphatic heterocycles. The van der Waals surface area contributed by atoms with Crippen LogP contribution in [0, 0.1) is 5.82 Å². The molecule has 0 saturated heterocycles. The number of carbonyl (C=O) groups is 2. The van der Waals surface area contributed by atoms with Gasteiger partial charge < -0.3 is 10.5 Å². The van der Waals surface area contributed by atoms with Crippen LogP contribution in [0.1, 0.15) is 20.7 Å². The molecule has 4 nitrogen and oxygen atoms in total. The fourth-order valence-electron chi connectivity index (χ4n) is 1.46. The van der Waals surface area contributed by atoms with Crippen molar-refractivity contribution in [1.29, 1.82) is 0 Å². The van der Waals surface area contributed by atoms with Gasteiger partial charge in [-0.1, -0.05) is 6.07 Å². The van der Waals surface area contributed by atoms with Gasteiger partial charge in [-0.05, 0) is 42.5 Å². The van der Waals surface area contributed by atoms with Gasteiger partial charge in [-0.25, -0.2) is 9.18 Å². The van der Waals surface area contributed by atoms with E-state index in [2.05, 4.69) is 0 Å². The number of benzene rings is 2. The summed E-state index contributed by atoms with van der Waals surface area (Å²) in [7, 11) is 0. The maximum Gasteiger partial charge on any atom is 0.343 e. The lowest BCUT2D eigenvalue weighted by molar-refractivity contribution is 0.0733. The van der Waals surface area contributed by atoms with Crippen LogP contribution in [0.4, 0.5) is 4.39 Å².